The molecule has 3 aromatic carbocycles. The van der Waals surface area contributed by atoms with Crippen LogP contribution in [0, 0.1) is 11.3 Å². The molecule has 0 spiro atoms. The van der Waals surface area contributed by atoms with Crippen LogP contribution in [0.1, 0.15) is 11.1 Å². The second-order valence-corrected chi connectivity index (χ2v) is 7.47. The second kappa shape index (κ2) is 10.3. The van der Waals surface area contributed by atoms with Gasteiger partial charge in [0.25, 0.3) is 0 Å². The Bertz CT molecular complexity index is 1300. The predicted molar refractivity (Wildman–Crippen MR) is 125 cm³/mol. The molecule has 0 unspecified atom stereocenters. The van der Waals surface area contributed by atoms with Crippen molar-refractivity contribution in [3.63, 3.8) is 0 Å². The SMILES string of the molecule is N#Cc1cccc(COc2cccc(NCC(=O)Nc3cc(Cl)ccc3-n3cncn3)c2)c1. The molecule has 0 saturated heterocycles. The van der Waals surface area contributed by atoms with Crippen molar-refractivity contribution in [1.82, 2.24) is 14.8 Å². The number of halogens is 1. The number of nitriles is 1. The molecular weight excluding hydrogens is 440 g/mol. The second-order valence-electron chi connectivity index (χ2n) is 7.03. The largest absolute Gasteiger partial charge is 0.489 e. The van der Waals surface area contributed by atoms with E-state index in [1.165, 1.54) is 6.33 Å². The third-order valence-corrected chi connectivity index (χ3v) is 4.88. The molecule has 9 heteroatoms. The first-order chi connectivity index (χ1) is 16.1. The van der Waals surface area contributed by atoms with Gasteiger partial charge in [-0.15, -0.1) is 0 Å². The van der Waals surface area contributed by atoms with Gasteiger partial charge in [-0.25, -0.2) is 9.67 Å². The molecule has 4 rings (SSSR count). The summed E-state index contributed by atoms with van der Waals surface area (Å²) in [6.07, 6.45) is 2.95. The van der Waals surface area contributed by atoms with Crippen LogP contribution >= 0.6 is 11.6 Å². The molecule has 0 aliphatic heterocycles. The smallest absolute Gasteiger partial charge is 0.243 e. The lowest BCUT2D eigenvalue weighted by Crippen LogP contribution is -2.22. The summed E-state index contributed by atoms with van der Waals surface area (Å²) in [6.45, 7) is 0.371. The van der Waals surface area contributed by atoms with Crippen LogP contribution in [0.3, 0.4) is 0 Å². The highest BCUT2D eigenvalue weighted by molar-refractivity contribution is 6.31. The zero-order valence-corrected chi connectivity index (χ0v) is 18.2. The van der Waals surface area contributed by atoms with E-state index >= 15 is 0 Å². The van der Waals surface area contributed by atoms with Gasteiger partial charge in [0.05, 0.1) is 29.6 Å². The molecule has 0 aliphatic carbocycles. The summed E-state index contributed by atoms with van der Waals surface area (Å²) in [4.78, 5) is 16.5. The molecule has 4 aromatic rings. The van der Waals surface area contributed by atoms with E-state index < -0.39 is 0 Å². The summed E-state index contributed by atoms with van der Waals surface area (Å²) < 4.78 is 7.37. The maximum atomic E-state index is 12.6. The summed E-state index contributed by atoms with van der Waals surface area (Å²) in [5.74, 6) is 0.393. The topological polar surface area (TPSA) is 105 Å². The van der Waals surface area contributed by atoms with Crippen LogP contribution in [0.15, 0.2) is 79.4 Å². The van der Waals surface area contributed by atoms with E-state index in [0.29, 0.717) is 34.3 Å². The van der Waals surface area contributed by atoms with Crippen LogP contribution in [-0.4, -0.2) is 27.2 Å². The van der Waals surface area contributed by atoms with E-state index in [-0.39, 0.29) is 12.5 Å². The lowest BCUT2D eigenvalue weighted by atomic mass is 10.1. The van der Waals surface area contributed by atoms with Crippen molar-refractivity contribution >= 4 is 28.9 Å². The van der Waals surface area contributed by atoms with Gasteiger partial charge in [-0.3, -0.25) is 4.79 Å². The molecule has 0 saturated carbocycles. The summed E-state index contributed by atoms with van der Waals surface area (Å²) in [5.41, 5.74) is 3.40. The Balaban J connectivity index is 1.36. The van der Waals surface area contributed by atoms with Crippen molar-refractivity contribution in [3.8, 4) is 17.5 Å². The maximum absolute atomic E-state index is 12.6. The van der Waals surface area contributed by atoms with Crippen LogP contribution in [0.25, 0.3) is 5.69 Å². The van der Waals surface area contributed by atoms with Crippen molar-refractivity contribution < 1.29 is 9.53 Å². The fourth-order valence-corrected chi connectivity index (χ4v) is 3.28. The Kier molecular flexibility index (Phi) is 6.83. The molecule has 33 heavy (non-hydrogen) atoms. The fourth-order valence-electron chi connectivity index (χ4n) is 3.11. The molecule has 1 heterocycles. The third-order valence-electron chi connectivity index (χ3n) is 4.65. The Hall–Kier alpha value is -4.35. The van der Waals surface area contributed by atoms with E-state index in [0.717, 1.165) is 11.3 Å². The summed E-state index contributed by atoms with van der Waals surface area (Å²) in [7, 11) is 0. The Labute approximate surface area is 195 Å². The van der Waals surface area contributed by atoms with Gasteiger partial charge < -0.3 is 15.4 Å². The molecule has 1 aromatic heterocycles. The number of ether oxygens (including phenoxy) is 1. The van der Waals surface area contributed by atoms with Crippen molar-refractivity contribution in [3.05, 3.63) is 95.5 Å². The average Bonchev–Trinajstić information content (AvgIpc) is 3.37. The standard InChI is InChI=1S/C24H19ClN6O2/c25-19-7-8-23(31-16-27-15-29-31)22(10-19)30-24(32)13-28-20-5-2-6-21(11-20)33-14-18-4-1-3-17(9-18)12-26/h1-11,15-16,28H,13-14H2,(H,30,32). The van der Waals surface area contributed by atoms with Crippen molar-refractivity contribution in [2.24, 2.45) is 0 Å². The van der Waals surface area contributed by atoms with E-state index in [4.69, 9.17) is 21.6 Å². The minimum Gasteiger partial charge on any atom is -0.489 e. The quantitative estimate of drug-likeness (QED) is 0.405. The van der Waals surface area contributed by atoms with Gasteiger partial charge in [-0.1, -0.05) is 29.8 Å². The number of aromatic nitrogens is 3. The van der Waals surface area contributed by atoms with Crippen molar-refractivity contribution in [2.45, 2.75) is 6.61 Å². The van der Waals surface area contributed by atoms with Gasteiger partial charge in [-0.2, -0.15) is 10.4 Å². The number of carbonyl (C=O) groups excluding carboxylic acids is 1. The van der Waals surface area contributed by atoms with E-state index in [1.807, 2.05) is 36.4 Å². The highest BCUT2D eigenvalue weighted by Crippen LogP contribution is 2.24. The number of nitrogens with zero attached hydrogens (tertiary/aromatic N) is 4. The molecule has 2 N–H and O–H groups in total. The van der Waals surface area contributed by atoms with Gasteiger partial charge in [0.15, 0.2) is 0 Å². The predicted octanol–water partition coefficient (Wildman–Crippen LogP) is 4.42. The number of nitrogens with one attached hydrogen (secondary N) is 2. The Morgan fingerprint density at radius 2 is 2.00 bits per heavy atom. The highest BCUT2D eigenvalue weighted by atomic mass is 35.5. The van der Waals surface area contributed by atoms with Gasteiger partial charge >= 0.3 is 0 Å². The first kappa shape index (κ1) is 21.9. The molecule has 0 aliphatic rings. The monoisotopic (exact) mass is 458 g/mol. The van der Waals surface area contributed by atoms with Crippen LogP contribution < -0.4 is 15.4 Å². The molecule has 0 fully saturated rings. The molecule has 0 radical (unpaired) electrons. The maximum Gasteiger partial charge on any atom is 0.243 e. The van der Waals surface area contributed by atoms with Crippen molar-refractivity contribution in [1.29, 1.82) is 5.26 Å². The first-order valence-corrected chi connectivity index (χ1v) is 10.4. The number of anilines is 2. The molecule has 0 bridgehead atoms. The Morgan fingerprint density at radius 1 is 1.12 bits per heavy atom. The number of rotatable bonds is 8. The summed E-state index contributed by atoms with van der Waals surface area (Å²) in [5, 5.41) is 19.5. The molecule has 8 nitrogen and oxygen atoms in total. The normalized spacial score (nSPS) is 10.3. The number of benzene rings is 3. The number of hydrogen-bond donors (Lipinski definition) is 2. The highest BCUT2D eigenvalue weighted by Gasteiger charge is 2.10. The zero-order chi connectivity index (χ0) is 23.0. The van der Waals surface area contributed by atoms with Crippen LogP contribution in [0.5, 0.6) is 5.75 Å². The number of hydrogen-bond acceptors (Lipinski definition) is 6. The summed E-state index contributed by atoms with van der Waals surface area (Å²) >= 11 is 6.10. The Morgan fingerprint density at radius 3 is 2.82 bits per heavy atom. The molecule has 1 amide bonds. The number of carbonyl (C=O) groups is 1. The fraction of sp³-hybridized carbons (Fsp3) is 0.0833. The zero-order valence-electron chi connectivity index (χ0n) is 17.4. The van der Waals surface area contributed by atoms with Crippen molar-refractivity contribution in [2.75, 3.05) is 17.2 Å². The lowest BCUT2D eigenvalue weighted by molar-refractivity contribution is -0.114. The van der Waals surface area contributed by atoms with Crippen LogP contribution in [0.4, 0.5) is 11.4 Å². The minimum atomic E-state index is -0.252. The lowest BCUT2D eigenvalue weighted by Gasteiger charge is -2.13. The van der Waals surface area contributed by atoms with E-state index in [2.05, 4.69) is 26.8 Å². The molecular formula is C24H19ClN6O2. The van der Waals surface area contributed by atoms with Gasteiger partial charge in [0.1, 0.15) is 25.0 Å². The average molecular weight is 459 g/mol. The minimum absolute atomic E-state index is 0.0387. The van der Waals surface area contributed by atoms with Crippen LogP contribution in [-0.2, 0) is 11.4 Å². The summed E-state index contributed by atoms with van der Waals surface area (Å²) in [6, 6.07) is 21.8. The molecule has 0 atom stereocenters. The van der Waals surface area contributed by atoms with Gasteiger partial charge in [0.2, 0.25) is 5.91 Å². The first-order valence-electron chi connectivity index (χ1n) is 10.0. The van der Waals surface area contributed by atoms with Crippen LogP contribution in [0.2, 0.25) is 5.02 Å². The number of amides is 1. The van der Waals surface area contributed by atoms with E-state index in [9.17, 15) is 4.79 Å². The van der Waals surface area contributed by atoms with E-state index in [1.54, 1.807) is 41.3 Å². The molecule has 164 valence electrons. The third kappa shape index (κ3) is 5.87. The van der Waals surface area contributed by atoms with Gasteiger partial charge in [-0.05, 0) is 48.0 Å². The van der Waals surface area contributed by atoms with Gasteiger partial charge in [0, 0.05) is 16.8 Å².